The Kier molecular flexibility index (Phi) is 5.50. The lowest BCUT2D eigenvalue weighted by Gasteiger charge is -2.12. The van der Waals surface area contributed by atoms with E-state index < -0.39 is 0 Å². The number of pyridine rings is 2. The molecule has 1 aromatic carbocycles. The summed E-state index contributed by atoms with van der Waals surface area (Å²) in [5.74, 6) is 1.18. The summed E-state index contributed by atoms with van der Waals surface area (Å²) in [4.78, 5) is 17.6. The van der Waals surface area contributed by atoms with Gasteiger partial charge in [0.25, 0.3) is 0 Å². The van der Waals surface area contributed by atoms with Crippen molar-refractivity contribution in [3.8, 4) is 5.75 Å². The number of nitrogens with one attached hydrogen (secondary N) is 1. The van der Waals surface area contributed by atoms with Gasteiger partial charge in [-0.05, 0) is 23.8 Å². The van der Waals surface area contributed by atoms with Crippen LogP contribution < -0.4 is 10.1 Å². The lowest BCUT2D eigenvalue weighted by atomic mass is 10.1. The van der Waals surface area contributed by atoms with Gasteiger partial charge in [0.05, 0.1) is 31.1 Å². The van der Waals surface area contributed by atoms with Crippen LogP contribution in [0.15, 0.2) is 61.2 Å². The van der Waals surface area contributed by atoms with Gasteiger partial charge in [-0.25, -0.2) is 14.6 Å². The van der Waals surface area contributed by atoms with E-state index in [1.54, 1.807) is 42.6 Å². The molecule has 4 aromatic heterocycles. The Bertz CT molecular complexity index is 1370. The van der Waals surface area contributed by atoms with Gasteiger partial charge in [0.2, 0.25) is 5.65 Å². The molecule has 5 aromatic rings. The van der Waals surface area contributed by atoms with E-state index in [0.29, 0.717) is 48.3 Å². The minimum atomic E-state index is 0.428. The highest BCUT2D eigenvalue weighted by atomic mass is 16.5. The van der Waals surface area contributed by atoms with Crippen molar-refractivity contribution < 1.29 is 9.47 Å². The van der Waals surface area contributed by atoms with Crippen molar-refractivity contribution in [3.63, 3.8) is 0 Å². The maximum absolute atomic E-state index is 5.75. The first kappa shape index (κ1) is 19.8. The van der Waals surface area contributed by atoms with Crippen LogP contribution in [0.3, 0.4) is 0 Å². The lowest BCUT2D eigenvalue weighted by molar-refractivity contribution is 0.146. The van der Waals surface area contributed by atoms with Crippen LogP contribution in [0, 0.1) is 0 Å². The van der Waals surface area contributed by atoms with E-state index in [0.717, 1.165) is 16.5 Å². The van der Waals surface area contributed by atoms with Crippen LogP contribution in [-0.4, -0.2) is 55.3 Å². The Balaban J connectivity index is 1.40. The second kappa shape index (κ2) is 8.90. The minimum absolute atomic E-state index is 0.428. The van der Waals surface area contributed by atoms with Gasteiger partial charge >= 0.3 is 0 Å². The number of methoxy groups -OCH3 is 1. The van der Waals surface area contributed by atoms with Gasteiger partial charge < -0.3 is 14.8 Å². The van der Waals surface area contributed by atoms with Crippen molar-refractivity contribution in [3.05, 3.63) is 66.7 Å². The molecule has 10 nitrogen and oxygen atoms in total. The molecule has 0 bridgehead atoms. The number of ether oxygens (including phenoxy) is 2. The predicted molar refractivity (Wildman–Crippen MR) is 119 cm³/mol. The lowest BCUT2D eigenvalue weighted by Crippen LogP contribution is -2.07. The van der Waals surface area contributed by atoms with E-state index in [9.17, 15) is 0 Å². The number of hydrogen-bond acceptors (Lipinski definition) is 9. The molecule has 0 aliphatic carbocycles. The number of rotatable bonds is 8. The zero-order valence-electron chi connectivity index (χ0n) is 17.3. The highest BCUT2D eigenvalue weighted by Crippen LogP contribution is 2.26. The van der Waals surface area contributed by atoms with Crippen molar-refractivity contribution in [1.29, 1.82) is 0 Å². The Hall–Kier alpha value is -4.18. The third-order valence-electron chi connectivity index (χ3n) is 4.82. The van der Waals surface area contributed by atoms with Gasteiger partial charge in [0.1, 0.15) is 18.0 Å². The monoisotopic (exact) mass is 428 g/mol. The summed E-state index contributed by atoms with van der Waals surface area (Å²) in [6.07, 6.45) is 6.73. The van der Waals surface area contributed by atoms with Gasteiger partial charge in [-0.2, -0.15) is 0 Å². The van der Waals surface area contributed by atoms with Gasteiger partial charge in [0.15, 0.2) is 11.5 Å². The van der Waals surface area contributed by atoms with Crippen molar-refractivity contribution in [2.24, 2.45) is 0 Å². The van der Waals surface area contributed by atoms with E-state index in [1.165, 1.54) is 0 Å². The Morgan fingerprint density at radius 3 is 2.94 bits per heavy atom. The molecule has 0 aliphatic heterocycles. The third-order valence-corrected chi connectivity index (χ3v) is 4.82. The average molecular weight is 428 g/mol. The predicted octanol–water partition coefficient (Wildman–Crippen LogP) is 2.98. The maximum atomic E-state index is 5.75. The first-order valence-corrected chi connectivity index (χ1v) is 10.0. The molecule has 1 N–H and O–H groups in total. The number of anilines is 2. The third kappa shape index (κ3) is 4.16. The smallest absolute Gasteiger partial charge is 0.221 e. The Labute approximate surface area is 183 Å². The van der Waals surface area contributed by atoms with Gasteiger partial charge in [-0.1, -0.05) is 17.3 Å². The number of hydrogen-bond donors (Lipinski definition) is 1. The zero-order chi connectivity index (χ0) is 21.8. The molecule has 0 atom stereocenters. The maximum Gasteiger partial charge on any atom is 0.221 e. The van der Waals surface area contributed by atoms with Crippen LogP contribution in [0.2, 0.25) is 0 Å². The SMILES string of the molecule is COCCOc1ccncc1Nc1cnc2nnn(Cc3ccc4ncccc4c3)c2n1. The first-order chi connectivity index (χ1) is 15.8. The normalized spacial score (nSPS) is 11.2. The largest absolute Gasteiger partial charge is 0.489 e. The highest BCUT2D eigenvalue weighted by Gasteiger charge is 2.12. The van der Waals surface area contributed by atoms with Crippen LogP contribution in [0.5, 0.6) is 5.75 Å². The summed E-state index contributed by atoms with van der Waals surface area (Å²) in [5.41, 5.74) is 3.75. The summed E-state index contributed by atoms with van der Waals surface area (Å²) >= 11 is 0. The van der Waals surface area contributed by atoms with E-state index in [-0.39, 0.29) is 0 Å². The van der Waals surface area contributed by atoms with Crippen LogP contribution in [0.4, 0.5) is 11.5 Å². The summed E-state index contributed by atoms with van der Waals surface area (Å²) in [6, 6.07) is 11.8. The van der Waals surface area contributed by atoms with E-state index in [4.69, 9.17) is 9.47 Å². The molecular formula is C22H20N8O2. The number of aromatic nitrogens is 7. The van der Waals surface area contributed by atoms with Gasteiger partial charge in [-0.3, -0.25) is 9.97 Å². The molecule has 0 saturated carbocycles. The second-order valence-electron chi connectivity index (χ2n) is 7.02. The van der Waals surface area contributed by atoms with Crippen LogP contribution in [0.25, 0.3) is 22.2 Å². The second-order valence-corrected chi connectivity index (χ2v) is 7.02. The number of benzene rings is 1. The van der Waals surface area contributed by atoms with Crippen molar-refractivity contribution >= 4 is 33.7 Å². The first-order valence-electron chi connectivity index (χ1n) is 10.0. The molecule has 32 heavy (non-hydrogen) atoms. The van der Waals surface area contributed by atoms with Gasteiger partial charge in [-0.15, -0.1) is 5.10 Å². The highest BCUT2D eigenvalue weighted by molar-refractivity contribution is 5.79. The molecule has 4 heterocycles. The molecule has 0 amide bonds. The van der Waals surface area contributed by atoms with E-state index >= 15 is 0 Å². The van der Waals surface area contributed by atoms with Crippen molar-refractivity contribution in [2.75, 3.05) is 25.6 Å². The zero-order valence-corrected chi connectivity index (χ0v) is 17.3. The molecule has 0 spiro atoms. The number of fused-ring (bicyclic) bond motifs is 2. The number of nitrogens with zero attached hydrogens (tertiary/aromatic N) is 7. The van der Waals surface area contributed by atoms with E-state index in [2.05, 4.69) is 41.6 Å². The van der Waals surface area contributed by atoms with Crippen molar-refractivity contribution in [2.45, 2.75) is 6.54 Å². The molecule has 5 rings (SSSR count). The Morgan fingerprint density at radius 1 is 1.03 bits per heavy atom. The summed E-state index contributed by atoms with van der Waals surface area (Å²) in [7, 11) is 1.63. The summed E-state index contributed by atoms with van der Waals surface area (Å²) in [5, 5.41) is 12.7. The fraction of sp³-hybridized carbons (Fsp3) is 0.182. The minimum Gasteiger partial charge on any atom is -0.489 e. The van der Waals surface area contributed by atoms with Crippen LogP contribution in [-0.2, 0) is 11.3 Å². The molecule has 0 aliphatic rings. The van der Waals surface area contributed by atoms with Crippen molar-refractivity contribution in [1.82, 2.24) is 34.9 Å². The molecular weight excluding hydrogens is 408 g/mol. The fourth-order valence-electron chi connectivity index (χ4n) is 3.29. The fourth-order valence-corrected chi connectivity index (χ4v) is 3.29. The average Bonchev–Trinajstić information content (AvgIpc) is 3.22. The standard InChI is InChI=1S/C22H20N8O2/c1-31-9-10-32-19-6-8-23-12-18(19)26-20-13-25-21-22(27-20)30(29-28-21)14-15-4-5-17-16(11-15)3-2-7-24-17/h2-8,11-13H,9-10,14H2,1H3,(H,26,27). The molecule has 0 radical (unpaired) electrons. The van der Waals surface area contributed by atoms with Crippen LogP contribution >= 0.6 is 0 Å². The van der Waals surface area contributed by atoms with Gasteiger partial charge in [0, 0.05) is 31.0 Å². The van der Waals surface area contributed by atoms with Crippen LogP contribution in [0.1, 0.15) is 5.56 Å². The van der Waals surface area contributed by atoms with E-state index in [1.807, 2.05) is 24.3 Å². The molecule has 10 heteroatoms. The molecule has 0 fully saturated rings. The Morgan fingerprint density at radius 2 is 2.00 bits per heavy atom. The summed E-state index contributed by atoms with van der Waals surface area (Å²) in [6.45, 7) is 1.43. The molecule has 160 valence electrons. The quantitative estimate of drug-likeness (QED) is 0.373. The molecule has 0 saturated heterocycles. The topological polar surface area (TPSA) is 113 Å². The summed E-state index contributed by atoms with van der Waals surface area (Å²) < 4.78 is 12.5. The molecule has 0 unspecified atom stereocenters.